The van der Waals surface area contributed by atoms with E-state index in [1.165, 1.54) is 0 Å². The fourth-order valence-corrected chi connectivity index (χ4v) is 3.83. The van der Waals surface area contributed by atoms with Crippen LogP contribution < -0.4 is 5.73 Å². The summed E-state index contributed by atoms with van der Waals surface area (Å²) in [6.45, 7) is -0.187. The molecule has 0 saturated heterocycles. The van der Waals surface area contributed by atoms with Crippen LogP contribution >= 0.6 is 0 Å². The van der Waals surface area contributed by atoms with E-state index in [9.17, 15) is 22.0 Å². The molecule has 2 heterocycles. The molecule has 1 amide bonds. The fraction of sp³-hybridized carbons (Fsp3) is 0.214. The second-order valence-electron chi connectivity index (χ2n) is 5.11. The normalized spacial score (nSPS) is 15.1. The number of hydrogen-bond acceptors (Lipinski definition) is 5. The lowest BCUT2D eigenvalue weighted by Gasteiger charge is -2.27. The molecule has 1 aliphatic heterocycles. The minimum Gasteiger partial charge on any atom is -0.363 e. The van der Waals surface area contributed by atoms with Crippen molar-refractivity contribution in [3.05, 3.63) is 53.1 Å². The van der Waals surface area contributed by atoms with Gasteiger partial charge in [-0.1, -0.05) is 0 Å². The molecule has 0 fully saturated rings. The number of carbonyl (C=O) groups is 1. The van der Waals surface area contributed by atoms with E-state index in [-0.39, 0.29) is 31.0 Å². The maximum absolute atomic E-state index is 13.8. The number of sulfonamides is 1. The third-order valence-corrected chi connectivity index (χ3v) is 5.41. The van der Waals surface area contributed by atoms with Gasteiger partial charge in [0, 0.05) is 12.1 Å². The minimum absolute atomic E-state index is 0.0288. The Kier molecular flexibility index (Phi) is 4.01. The average Bonchev–Trinajstić information content (AvgIpc) is 2.55. The molecule has 0 aliphatic carbocycles. The van der Waals surface area contributed by atoms with Crippen molar-refractivity contribution in [3.8, 4) is 0 Å². The number of amides is 1. The largest absolute Gasteiger partial charge is 0.363 e. The summed E-state index contributed by atoms with van der Waals surface area (Å²) in [5, 5.41) is 0. The van der Waals surface area contributed by atoms with Gasteiger partial charge in [-0.25, -0.2) is 27.2 Å². The van der Waals surface area contributed by atoms with Gasteiger partial charge in [-0.3, -0.25) is 4.79 Å². The first-order valence-corrected chi connectivity index (χ1v) is 8.25. The van der Waals surface area contributed by atoms with Crippen LogP contribution in [0.4, 0.5) is 8.78 Å². The third kappa shape index (κ3) is 2.85. The predicted octanol–water partition coefficient (Wildman–Crippen LogP) is 0.401. The lowest BCUT2D eigenvalue weighted by molar-refractivity contribution is 0.0989. The average molecular weight is 353 g/mol. The van der Waals surface area contributed by atoms with Gasteiger partial charge in [0.05, 0.1) is 18.4 Å². The summed E-state index contributed by atoms with van der Waals surface area (Å²) in [5.74, 6) is -3.07. The van der Waals surface area contributed by atoms with Crippen LogP contribution in [0.15, 0.2) is 23.1 Å². The van der Waals surface area contributed by atoms with E-state index < -0.39 is 32.5 Å². The van der Waals surface area contributed by atoms with Gasteiger partial charge in [0.2, 0.25) is 15.8 Å². The standard InChI is InChI=1S/C14H11F2N4O3S/c15-9-1-2-10(16)12(5-9)24(22,23)20-4-3-8-6-18-14(13(17)21)19-11(8)7-20/h1-2,5H,3-4,7H2,(H2,17,21). The topological polar surface area (TPSA) is 106 Å². The van der Waals surface area contributed by atoms with Crippen LogP contribution in [-0.2, 0) is 23.0 Å². The fourth-order valence-electron chi connectivity index (χ4n) is 2.35. The van der Waals surface area contributed by atoms with E-state index in [0.717, 1.165) is 16.4 Å². The van der Waals surface area contributed by atoms with Crippen molar-refractivity contribution in [3.63, 3.8) is 0 Å². The highest BCUT2D eigenvalue weighted by Crippen LogP contribution is 2.25. The van der Waals surface area contributed by atoms with Crippen molar-refractivity contribution in [2.75, 3.05) is 6.54 Å². The van der Waals surface area contributed by atoms with Gasteiger partial charge in [-0.2, -0.15) is 4.31 Å². The molecular formula is C14H11F2N4O3S. The molecular weight excluding hydrogens is 342 g/mol. The minimum atomic E-state index is -4.26. The van der Waals surface area contributed by atoms with Crippen LogP contribution in [-0.4, -0.2) is 35.1 Å². The first-order valence-electron chi connectivity index (χ1n) is 6.81. The van der Waals surface area contributed by atoms with E-state index in [2.05, 4.69) is 16.2 Å². The maximum Gasteiger partial charge on any atom is 0.286 e. The van der Waals surface area contributed by atoms with E-state index in [4.69, 9.17) is 5.73 Å². The van der Waals surface area contributed by atoms with Gasteiger partial charge in [-0.05, 0) is 24.6 Å². The Morgan fingerprint density at radius 1 is 1.33 bits per heavy atom. The number of halogens is 2. The Bertz CT molecular complexity index is 934. The van der Waals surface area contributed by atoms with Gasteiger partial charge < -0.3 is 5.73 Å². The second kappa shape index (κ2) is 5.87. The van der Waals surface area contributed by atoms with Crippen LogP contribution in [0.3, 0.4) is 0 Å². The lowest BCUT2D eigenvalue weighted by Crippen LogP contribution is -2.37. The number of benzene rings is 1. The molecule has 7 nitrogen and oxygen atoms in total. The lowest BCUT2D eigenvalue weighted by atomic mass is 10.1. The molecule has 24 heavy (non-hydrogen) atoms. The molecule has 0 spiro atoms. The van der Waals surface area contributed by atoms with E-state index >= 15 is 0 Å². The van der Waals surface area contributed by atoms with Crippen molar-refractivity contribution in [1.29, 1.82) is 0 Å². The Hall–Kier alpha value is -2.46. The molecule has 2 aromatic rings. The first kappa shape index (κ1) is 16.4. The van der Waals surface area contributed by atoms with Crippen molar-refractivity contribution >= 4 is 15.9 Å². The molecule has 2 N–H and O–H groups in total. The predicted molar refractivity (Wildman–Crippen MR) is 77.0 cm³/mol. The zero-order chi connectivity index (χ0) is 17.5. The number of hydrogen-bond donors (Lipinski definition) is 1. The summed E-state index contributed by atoms with van der Waals surface area (Å²) < 4.78 is 53.2. The molecule has 3 rings (SSSR count). The monoisotopic (exact) mass is 353 g/mol. The molecule has 0 unspecified atom stereocenters. The third-order valence-electron chi connectivity index (χ3n) is 3.55. The number of nitrogens with two attached hydrogens (primary N) is 1. The zero-order valence-corrected chi connectivity index (χ0v) is 13.0. The van der Waals surface area contributed by atoms with Crippen molar-refractivity contribution in [1.82, 2.24) is 14.3 Å². The summed E-state index contributed by atoms with van der Waals surface area (Å²) in [6.07, 6.45) is 2.83. The number of rotatable bonds is 3. The smallest absolute Gasteiger partial charge is 0.286 e. The molecule has 0 saturated carbocycles. The summed E-state index contributed by atoms with van der Waals surface area (Å²) in [4.78, 5) is 18.0. The highest BCUT2D eigenvalue weighted by atomic mass is 32.2. The number of aromatic nitrogens is 2. The highest BCUT2D eigenvalue weighted by molar-refractivity contribution is 7.89. The van der Waals surface area contributed by atoms with Crippen LogP contribution in [0.2, 0.25) is 0 Å². The van der Waals surface area contributed by atoms with E-state index in [0.29, 0.717) is 11.6 Å². The highest BCUT2D eigenvalue weighted by Gasteiger charge is 2.32. The molecule has 0 bridgehead atoms. The van der Waals surface area contributed by atoms with Gasteiger partial charge in [0.15, 0.2) is 0 Å². The molecule has 125 valence electrons. The van der Waals surface area contributed by atoms with Crippen molar-refractivity contribution in [2.24, 2.45) is 5.73 Å². The van der Waals surface area contributed by atoms with Gasteiger partial charge in [-0.15, -0.1) is 0 Å². The number of nitrogens with zero attached hydrogens (tertiary/aromatic N) is 3. The molecule has 10 heteroatoms. The quantitative estimate of drug-likeness (QED) is 0.860. The number of fused-ring (bicyclic) bond motifs is 1. The Morgan fingerprint density at radius 2 is 2.08 bits per heavy atom. The van der Waals surface area contributed by atoms with Crippen LogP contribution in [0.1, 0.15) is 21.9 Å². The Balaban J connectivity index is 1.98. The summed E-state index contributed by atoms with van der Waals surface area (Å²) >= 11 is 0. The van der Waals surface area contributed by atoms with E-state index in [1.54, 1.807) is 0 Å². The summed E-state index contributed by atoms with van der Waals surface area (Å²) in [6, 6.07) is 2.21. The van der Waals surface area contributed by atoms with Gasteiger partial charge >= 0.3 is 0 Å². The Morgan fingerprint density at radius 3 is 2.79 bits per heavy atom. The van der Waals surface area contributed by atoms with Gasteiger partial charge in [0.25, 0.3) is 5.91 Å². The second-order valence-corrected chi connectivity index (χ2v) is 7.02. The molecule has 0 atom stereocenters. The van der Waals surface area contributed by atoms with Crippen LogP contribution in [0, 0.1) is 17.8 Å². The molecule has 1 aromatic carbocycles. The summed E-state index contributed by atoms with van der Waals surface area (Å²) in [5.41, 5.74) is 5.89. The van der Waals surface area contributed by atoms with Crippen molar-refractivity contribution in [2.45, 2.75) is 17.9 Å². The van der Waals surface area contributed by atoms with Gasteiger partial charge in [0.1, 0.15) is 16.5 Å². The number of primary amides is 1. The first-order chi connectivity index (χ1) is 11.3. The molecule has 1 aliphatic rings. The van der Waals surface area contributed by atoms with Crippen LogP contribution in [0.25, 0.3) is 0 Å². The molecule has 1 radical (unpaired) electrons. The zero-order valence-electron chi connectivity index (χ0n) is 12.2. The van der Waals surface area contributed by atoms with E-state index in [1.807, 2.05) is 0 Å². The summed E-state index contributed by atoms with van der Waals surface area (Å²) in [7, 11) is -4.26. The Labute approximate surface area is 136 Å². The van der Waals surface area contributed by atoms with Crippen LogP contribution in [0.5, 0.6) is 0 Å². The maximum atomic E-state index is 13.8. The number of carbonyl (C=O) groups excluding carboxylic acids is 1. The van der Waals surface area contributed by atoms with Crippen molar-refractivity contribution < 1.29 is 22.0 Å². The SMILES string of the molecule is NC(=O)c1n[c]c2c(n1)CN(S(=O)(=O)c1cc(F)ccc1F)CC2. The molecule has 1 aromatic heterocycles.